The van der Waals surface area contributed by atoms with Crippen molar-refractivity contribution in [2.75, 3.05) is 36.1 Å². The fourth-order valence-electron chi connectivity index (χ4n) is 2.95. The van der Waals surface area contributed by atoms with Crippen molar-refractivity contribution in [3.05, 3.63) is 35.5 Å². The highest BCUT2D eigenvalue weighted by Crippen LogP contribution is 2.26. The van der Waals surface area contributed by atoms with Gasteiger partial charge >= 0.3 is 0 Å². The Morgan fingerprint density at radius 1 is 1.39 bits per heavy atom. The van der Waals surface area contributed by atoms with Crippen molar-refractivity contribution >= 4 is 23.0 Å². The fraction of sp³-hybridized carbons (Fsp3) is 0.389. The SMILES string of the molecule is Cc1ccn2nc(C(C)Nc3ncnc(N)c3C#N)nc(N(C)CCCN)c12. The van der Waals surface area contributed by atoms with Crippen LogP contribution in [0, 0.1) is 18.3 Å². The first-order chi connectivity index (χ1) is 13.5. The molecular weight excluding hydrogens is 356 g/mol. The van der Waals surface area contributed by atoms with E-state index in [2.05, 4.69) is 25.3 Å². The minimum absolute atomic E-state index is 0.131. The highest BCUT2D eigenvalue weighted by atomic mass is 15.3. The van der Waals surface area contributed by atoms with Crippen LogP contribution in [-0.4, -0.2) is 44.7 Å². The number of anilines is 3. The van der Waals surface area contributed by atoms with E-state index in [1.807, 2.05) is 43.7 Å². The van der Waals surface area contributed by atoms with Crippen molar-refractivity contribution < 1.29 is 0 Å². The van der Waals surface area contributed by atoms with Gasteiger partial charge in [0.1, 0.15) is 35.1 Å². The monoisotopic (exact) mass is 380 g/mol. The predicted molar refractivity (Wildman–Crippen MR) is 108 cm³/mol. The number of nitrogens with zero attached hydrogens (tertiary/aromatic N) is 7. The second-order valence-electron chi connectivity index (χ2n) is 6.61. The van der Waals surface area contributed by atoms with Gasteiger partial charge in [-0.15, -0.1) is 0 Å². The van der Waals surface area contributed by atoms with E-state index in [1.54, 1.807) is 0 Å². The summed E-state index contributed by atoms with van der Waals surface area (Å²) in [5.41, 5.74) is 13.7. The first kappa shape index (κ1) is 19.3. The van der Waals surface area contributed by atoms with E-state index in [9.17, 15) is 5.26 Å². The van der Waals surface area contributed by atoms with E-state index in [1.165, 1.54) is 6.33 Å². The van der Waals surface area contributed by atoms with Gasteiger partial charge in [0.2, 0.25) is 0 Å². The molecule has 5 N–H and O–H groups in total. The Morgan fingerprint density at radius 2 is 2.18 bits per heavy atom. The van der Waals surface area contributed by atoms with E-state index in [4.69, 9.17) is 16.5 Å². The lowest BCUT2D eigenvalue weighted by molar-refractivity contribution is 0.711. The van der Waals surface area contributed by atoms with Crippen LogP contribution >= 0.6 is 0 Å². The Morgan fingerprint density at radius 3 is 2.89 bits per heavy atom. The maximum Gasteiger partial charge on any atom is 0.173 e. The second-order valence-corrected chi connectivity index (χ2v) is 6.61. The van der Waals surface area contributed by atoms with E-state index < -0.39 is 0 Å². The van der Waals surface area contributed by atoms with Gasteiger partial charge < -0.3 is 21.7 Å². The third-order valence-corrected chi connectivity index (χ3v) is 4.50. The number of hydrogen-bond donors (Lipinski definition) is 3. The average Bonchev–Trinajstić information content (AvgIpc) is 3.06. The van der Waals surface area contributed by atoms with Crippen LogP contribution in [0.3, 0.4) is 0 Å². The predicted octanol–water partition coefficient (Wildman–Crippen LogP) is 1.24. The number of rotatable bonds is 7. The molecule has 0 spiro atoms. The maximum absolute atomic E-state index is 9.32. The number of aryl methyl sites for hydroxylation is 1. The lowest BCUT2D eigenvalue weighted by Gasteiger charge is -2.22. The molecule has 0 aliphatic heterocycles. The van der Waals surface area contributed by atoms with Gasteiger partial charge in [0, 0.05) is 19.8 Å². The minimum Gasteiger partial charge on any atom is -0.382 e. The number of nitrogens with one attached hydrogen (secondary N) is 1. The zero-order chi connectivity index (χ0) is 20.3. The van der Waals surface area contributed by atoms with Gasteiger partial charge in [0.15, 0.2) is 11.6 Å². The summed E-state index contributed by atoms with van der Waals surface area (Å²) < 4.78 is 1.82. The minimum atomic E-state index is -0.310. The summed E-state index contributed by atoms with van der Waals surface area (Å²) in [5, 5.41) is 17.1. The summed E-state index contributed by atoms with van der Waals surface area (Å²) in [7, 11) is 1.99. The molecule has 28 heavy (non-hydrogen) atoms. The van der Waals surface area contributed by atoms with E-state index in [-0.39, 0.29) is 17.4 Å². The fourth-order valence-corrected chi connectivity index (χ4v) is 2.95. The molecule has 3 aromatic rings. The number of fused-ring (bicyclic) bond motifs is 1. The van der Waals surface area contributed by atoms with E-state index >= 15 is 0 Å². The van der Waals surface area contributed by atoms with Gasteiger partial charge in [-0.05, 0) is 38.4 Å². The Kier molecular flexibility index (Phi) is 5.56. The smallest absolute Gasteiger partial charge is 0.173 e. The van der Waals surface area contributed by atoms with Crippen LogP contribution in [0.2, 0.25) is 0 Å². The van der Waals surface area contributed by atoms with Gasteiger partial charge in [-0.25, -0.2) is 19.5 Å². The van der Waals surface area contributed by atoms with Crippen LogP contribution < -0.4 is 21.7 Å². The summed E-state index contributed by atoms with van der Waals surface area (Å²) in [4.78, 5) is 14.9. The average molecular weight is 380 g/mol. The van der Waals surface area contributed by atoms with Crippen LogP contribution in [0.5, 0.6) is 0 Å². The highest BCUT2D eigenvalue weighted by Gasteiger charge is 2.19. The Hall–Kier alpha value is -3.45. The molecule has 0 bridgehead atoms. The van der Waals surface area contributed by atoms with Gasteiger partial charge in [0.25, 0.3) is 0 Å². The third-order valence-electron chi connectivity index (χ3n) is 4.50. The van der Waals surface area contributed by atoms with Crippen molar-refractivity contribution in [1.82, 2.24) is 24.6 Å². The first-order valence-electron chi connectivity index (χ1n) is 9.00. The summed E-state index contributed by atoms with van der Waals surface area (Å²) in [6.45, 7) is 5.34. The number of nitriles is 1. The summed E-state index contributed by atoms with van der Waals surface area (Å²) in [6.07, 6.45) is 4.09. The van der Waals surface area contributed by atoms with Gasteiger partial charge in [-0.3, -0.25) is 0 Å². The molecule has 10 heteroatoms. The number of nitrogens with two attached hydrogens (primary N) is 2. The van der Waals surface area contributed by atoms with Gasteiger partial charge in [-0.1, -0.05) is 0 Å². The van der Waals surface area contributed by atoms with E-state index in [0.717, 1.165) is 29.9 Å². The summed E-state index contributed by atoms with van der Waals surface area (Å²) in [6, 6.07) is 3.72. The Bertz CT molecular complexity index is 1020. The number of hydrogen-bond acceptors (Lipinski definition) is 9. The molecule has 0 amide bonds. The quantitative estimate of drug-likeness (QED) is 0.550. The van der Waals surface area contributed by atoms with Crippen molar-refractivity contribution in [1.29, 1.82) is 5.26 Å². The second kappa shape index (κ2) is 8.06. The Labute approximate surface area is 163 Å². The van der Waals surface area contributed by atoms with Crippen LogP contribution in [0.15, 0.2) is 18.6 Å². The highest BCUT2D eigenvalue weighted by molar-refractivity contribution is 5.73. The molecule has 0 saturated heterocycles. The molecule has 0 aliphatic carbocycles. The molecule has 0 aliphatic rings. The van der Waals surface area contributed by atoms with Crippen LogP contribution in [-0.2, 0) is 0 Å². The van der Waals surface area contributed by atoms with Crippen molar-refractivity contribution in [3.63, 3.8) is 0 Å². The number of aromatic nitrogens is 5. The van der Waals surface area contributed by atoms with Crippen molar-refractivity contribution in [3.8, 4) is 6.07 Å². The lowest BCUT2D eigenvalue weighted by Crippen LogP contribution is -2.25. The zero-order valence-electron chi connectivity index (χ0n) is 16.2. The molecule has 146 valence electrons. The third kappa shape index (κ3) is 3.65. The largest absolute Gasteiger partial charge is 0.382 e. The van der Waals surface area contributed by atoms with Crippen molar-refractivity contribution in [2.24, 2.45) is 5.73 Å². The molecule has 0 aromatic carbocycles. The standard InChI is InChI=1S/C18H24N10/c1-11-5-8-28-14(11)18(27(3)7-4-6-19)25-16(26-28)12(2)24-17-13(9-20)15(21)22-10-23-17/h5,8,10,12H,4,6-7,19H2,1-3H3,(H3,21,22,23,24). The van der Waals surface area contributed by atoms with Crippen molar-refractivity contribution in [2.45, 2.75) is 26.3 Å². The first-order valence-corrected chi connectivity index (χ1v) is 9.00. The topological polar surface area (TPSA) is 147 Å². The normalized spacial score (nSPS) is 12.0. The number of nitrogen functional groups attached to an aromatic ring is 1. The molecule has 3 rings (SSSR count). The van der Waals surface area contributed by atoms with Crippen LogP contribution in [0.1, 0.15) is 36.3 Å². The Balaban J connectivity index is 1.99. The molecular formula is C18H24N10. The molecule has 0 fully saturated rings. The molecule has 3 heterocycles. The molecule has 0 radical (unpaired) electrons. The molecule has 1 atom stereocenters. The summed E-state index contributed by atoms with van der Waals surface area (Å²) >= 11 is 0. The van der Waals surface area contributed by atoms with Gasteiger partial charge in [-0.2, -0.15) is 10.4 Å². The maximum atomic E-state index is 9.32. The summed E-state index contributed by atoms with van der Waals surface area (Å²) in [5.74, 6) is 1.89. The molecule has 0 saturated carbocycles. The van der Waals surface area contributed by atoms with Crippen LogP contribution in [0.25, 0.3) is 5.52 Å². The van der Waals surface area contributed by atoms with Gasteiger partial charge in [0.05, 0.1) is 6.04 Å². The molecule has 3 aromatic heterocycles. The lowest BCUT2D eigenvalue weighted by atomic mass is 10.2. The zero-order valence-corrected chi connectivity index (χ0v) is 16.2. The molecule has 10 nitrogen and oxygen atoms in total. The molecule has 1 unspecified atom stereocenters. The van der Waals surface area contributed by atoms with Crippen LogP contribution in [0.4, 0.5) is 17.5 Å². The van der Waals surface area contributed by atoms with E-state index in [0.29, 0.717) is 18.2 Å².